The molecule has 88 valence electrons. The van der Waals surface area contributed by atoms with Gasteiger partial charge < -0.3 is 10.2 Å². The van der Waals surface area contributed by atoms with E-state index in [9.17, 15) is 0 Å². The van der Waals surface area contributed by atoms with E-state index in [2.05, 4.69) is 34.3 Å². The first kappa shape index (κ1) is 11.4. The van der Waals surface area contributed by atoms with Crippen molar-refractivity contribution in [3.8, 4) is 0 Å². The van der Waals surface area contributed by atoms with Crippen LogP contribution < -0.4 is 10.2 Å². The molecule has 1 heterocycles. The zero-order valence-corrected chi connectivity index (χ0v) is 10.2. The second kappa shape index (κ2) is 5.30. The van der Waals surface area contributed by atoms with E-state index in [1.165, 1.54) is 24.8 Å². The van der Waals surface area contributed by atoms with Gasteiger partial charge in [0.25, 0.3) is 0 Å². The van der Waals surface area contributed by atoms with E-state index in [4.69, 9.17) is 0 Å². The van der Waals surface area contributed by atoms with Crippen molar-refractivity contribution in [3.05, 3.63) is 23.9 Å². The Balaban J connectivity index is 2.05. The zero-order chi connectivity index (χ0) is 11.4. The Morgan fingerprint density at radius 3 is 2.75 bits per heavy atom. The van der Waals surface area contributed by atoms with Crippen molar-refractivity contribution >= 4 is 5.82 Å². The summed E-state index contributed by atoms with van der Waals surface area (Å²) in [7, 11) is 1.96. The standard InChI is InChI=1S/C13H21N3/c1-3-8-16(12-5-6-12)13-7-4-11(9-14-2)10-15-13/h4,7,10,12,14H,3,5-6,8-9H2,1-2H3. The van der Waals surface area contributed by atoms with Crippen molar-refractivity contribution in [2.24, 2.45) is 0 Å². The molecule has 3 nitrogen and oxygen atoms in total. The van der Waals surface area contributed by atoms with E-state index in [1.807, 2.05) is 13.2 Å². The van der Waals surface area contributed by atoms with Crippen LogP contribution in [0.5, 0.6) is 0 Å². The van der Waals surface area contributed by atoms with Crippen molar-refractivity contribution in [1.82, 2.24) is 10.3 Å². The average molecular weight is 219 g/mol. The van der Waals surface area contributed by atoms with E-state index in [0.29, 0.717) is 0 Å². The van der Waals surface area contributed by atoms with Crippen molar-refractivity contribution in [2.75, 3.05) is 18.5 Å². The first-order valence-corrected chi connectivity index (χ1v) is 6.21. The smallest absolute Gasteiger partial charge is 0.128 e. The molecule has 0 saturated heterocycles. The molecule has 0 amide bonds. The van der Waals surface area contributed by atoms with Crippen LogP contribution in [0.2, 0.25) is 0 Å². The summed E-state index contributed by atoms with van der Waals surface area (Å²) in [5, 5.41) is 3.14. The van der Waals surface area contributed by atoms with Gasteiger partial charge in [-0.25, -0.2) is 4.98 Å². The van der Waals surface area contributed by atoms with Gasteiger partial charge in [-0.2, -0.15) is 0 Å². The Hall–Kier alpha value is -1.09. The minimum atomic E-state index is 0.752. The van der Waals surface area contributed by atoms with Crippen LogP contribution in [-0.2, 0) is 6.54 Å². The van der Waals surface area contributed by atoms with Crippen molar-refractivity contribution < 1.29 is 0 Å². The largest absolute Gasteiger partial charge is 0.354 e. The fourth-order valence-electron chi connectivity index (χ4n) is 2.01. The van der Waals surface area contributed by atoms with Gasteiger partial charge in [0.15, 0.2) is 0 Å². The van der Waals surface area contributed by atoms with E-state index in [0.717, 1.165) is 24.9 Å². The van der Waals surface area contributed by atoms with Crippen LogP contribution in [0, 0.1) is 0 Å². The van der Waals surface area contributed by atoms with Gasteiger partial charge in [-0.3, -0.25) is 0 Å². The molecule has 3 heteroatoms. The third kappa shape index (κ3) is 2.73. The average Bonchev–Trinajstić information content (AvgIpc) is 3.12. The summed E-state index contributed by atoms with van der Waals surface area (Å²) in [6.07, 6.45) is 5.84. The molecular formula is C13H21N3. The van der Waals surface area contributed by atoms with Gasteiger partial charge in [0, 0.05) is 25.3 Å². The van der Waals surface area contributed by atoms with Gasteiger partial charge in [0.05, 0.1) is 0 Å². The topological polar surface area (TPSA) is 28.2 Å². The Bertz CT molecular complexity index is 316. The number of pyridine rings is 1. The lowest BCUT2D eigenvalue weighted by molar-refractivity contribution is 0.747. The van der Waals surface area contributed by atoms with Gasteiger partial charge >= 0.3 is 0 Å². The zero-order valence-electron chi connectivity index (χ0n) is 10.2. The van der Waals surface area contributed by atoms with E-state index in [-0.39, 0.29) is 0 Å². The molecule has 16 heavy (non-hydrogen) atoms. The van der Waals surface area contributed by atoms with Gasteiger partial charge in [-0.1, -0.05) is 13.0 Å². The first-order chi connectivity index (χ1) is 7.85. The predicted octanol–water partition coefficient (Wildman–Crippen LogP) is 2.18. The van der Waals surface area contributed by atoms with Gasteiger partial charge in [-0.15, -0.1) is 0 Å². The molecule has 1 N–H and O–H groups in total. The third-order valence-corrected chi connectivity index (χ3v) is 2.94. The monoisotopic (exact) mass is 219 g/mol. The molecule has 1 fully saturated rings. The highest BCUT2D eigenvalue weighted by atomic mass is 15.2. The molecule has 1 saturated carbocycles. The van der Waals surface area contributed by atoms with Crippen LogP contribution in [-0.4, -0.2) is 24.6 Å². The number of hydrogen-bond acceptors (Lipinski definition) is 3. The fourth-order valence-corrected chi connectivity index (χ4v) is 2.01. The summed E-state index contributed by atoms with van der Waals surface area (Å²) < 4.78 is 0. The number of aromatic nitrogens is 1. The number of nitrogens with one attached hydrogen (secondary N) is 1. The normalized spacial score (nSPS) is 15.1. The maximum Gasteiger partial charge on any atom is 0.128 e. The number of hydrogen-bond donors (Lipinski definition) is 1. The van der Waals surface area contributed by atoms with Crippen LogP contribution >= 0.6 is 0 Å². The molecular weight excluding hydrogens is 198 g/mol. The molecule has 2 rings (SSSR count). The molecule has 1 aromatic heterocycles. The third-order valence-electron chi connectivity index (χ3n) is 2.94. The molecule has 1 aliphatic rings. The highest BCUT2D eigenvalue weighted by molar-refractivity contribution is 5.42. The van der Waals surface area contributed by atoms with E-state index < -0.39 is 0 Å². The van der Waals surface area contributed by atoms with Crippen LogP contribution in [0.4, 0.5) is 5.82 Å². The lowest BCUT2D eigenvalue weighted by atomic mass is 10.2. The Labute approximate surface area is 97.9 Å². The van der Waals surface area contributed by atoms with Crippen LogP contribution in [0.25, 0.3) is 0 Å². The maximum atomic E-state index is 4.56. The highest BCUT2D eigenvalue weighted by Crippen LogP contribution is 2.30. The molecule has 0 unspecified atom stereocenters. The minimum absolute atomic E-state index is 0.752. The molecule has 0 atom stereocenters. The number of rotatable bonds is 6. The molecule has 0 aromatic carbocycles. The summed E-state index contributed by atoms with van der Waals surface area (Å²) in [5.74, 6) is 1.14. The van der Waals surface area contributed by atoms with Crippen molar-refractivity contribution in [2.45, 2.75) is 38.8 Å². The van der Waals surface area contributed by atoms with Gasteiger partial charge in [-0.05, 0) is 37.9 Å². The summed E-state index contributed by atoms with van der Waals surface area (Å²) in [6, 6.07) is 5.08. The maximum absolute atomic E-state index is 4.56. The quantitative estimate of drug-likeness (QED) is 0.795. The first-order valence-electron chi connectivity index (χ1n) is 6.21. The summed E-state index contributed by atoms with van der Waals surface area (Å²) in [5.41, 5.74) is 1.25. The Kier molecular flexibility index (Phi) is 3.78. The summed E-state index contributed by atoms with van der Waals surface area (Å²) in [4.78, 5) is 7.01. The molecule has 1 aliphatic carbocycles. The van der Waals surface area contributed by atoms with Gasteiger partial charge in [0.1, 0.15) is 5.82 Å². The molecule has 0 radical (unpaired) electrons. The summed E-state index contributed by atoms with van der Waals surface area (Å²) in [6.45, 7) is 4.25. The lowest BCUT2D eigenvalue weighted by Gasteiger charge is -2.22. The Morgan fingerprint density at radius 1 is 1.44 bits per heavy atom. The summed E-state index contributed by atoms with van der Waals surface area (Å²) >= 11 is 0. The molecule has 0 bridgehead atoms. The van der Waals surface area contributed by atoms with E-state index in [1.54, 1.807) is 0 Å². The van der Waals surface area contributed by atoms with Crippen molar-refractivity contribution in [3.63, 3.8) is 0 Å². The SMILES string of the molecule is CCCN(c1ccc(CNC)cn1)C1CC1. The Morgan fingerprint density at radius 2 is 2.25 bits per heavy atom. The van der Waals surface area contributed by atoms with Crippen LogP contribution in [0.1, 0.15) is 31.7 Å². The minimum Gasteiger partial charge on any atom is -0.354 e. The molecule has 1 aromatic rings. The van der Waals surface area contributed by atoms with Crippen LogP contribution in [0.3, 0.4) is 0 Å². The molecule has 0 spiro atoms. The van der Waals surface area contributed by atoms with Crippen molar-refractivity contribution in [1.29, 1.82) is 0 Å². The predicted molar refractivity (Wildman–Crippen MR) is 67.7 cm³/mol. The second-order valence-corrected chi connectivity index (χ2v) is 4.48. The fraction of sp³-hybridized carbons (Fsp3) is 0.615. The number of nitrogens with zero attached hydrogens (tertiary/aromatic N) is 2. The highest BCUT2D eigenvalue weighted by Gasteiger charge is 2.29. The van der Waals surface area contributed by atoms with E-state index >= 15 is 0 Å². The lowest BCUT2D eigenvalue weighted by Crippen LogP contribution is -2.27. The van der Waals surface area contributed by atoms with Gasteiger partial charge in [0.2, 0.25) is 0 Å². The molecule has 0 aliphatic heterocycles. The van der Waals surface area contributed by atoms with Crippen LogP contribution in [0.15, 0.2) is 18.3 Å². The number of anilines is 1. The second-order valence-electron chi connectivity index (χ2n) is 4.48.